The number of rotatable bonds is 3. The van der Waals surface area contributed by atoms with Crippen molar-refractivity contribution < 1.29 is 0 Å². The molecule has 3 rings (SSSR count). The topological polar surface area (TPSA) is 83.8 Å². The standard InChI is InChI=1S/C13H12N4OS/c14-10-4-9-11(16-7-17-13(9)18)5-12(10)15-6-8-2-1-3-19-8/h1-5,7,15H,6,14H2,(H,16,17,18). The molecule has 0 aliphatic heterocycles. The van der Waals surface area contributed by atoms with Gasteiger partial charge in [-0.2, -0.15) is 0 Å². The quantitative estimate of drug-likeness (QED) is 0.638. The van der Waals surface area contributed by atoms with Crippen LogP contribution in [0, 0.1) is 0 Å². The third-order valence-electron chi connectivity index (χ3n) is 2.84. The first kappa shape index (κ1) is 11.7. The average molecular weight is 272 g/mol. The Labute approximate surface area is 113 Å². The highest BCUT2D eigenvalue weighted by molar-refractivity contribution is 7.09. The van der Waals surface area contributed by atoms with Gasteiger partial charge in [-0.3, -0.25) is 4.79 Å². The number of fused-ring (bicyclic) bond motifs is 1. The molecular weight excluding hydrogens is 260 g/mol. The summed E-state index contributed by atoms with van der Waals surface area (Å²) in [7, 11) is 0. The average Bonchev–Trinajstić information content (AvgIpc) is 2.91. The van der Waals surface area contributed by atoms with Crippen molar-refractivity contribution in [2.75, 3.05) is 11.1 Å². The zero-order valence-corrected chi connectivity index (χ0v) is 10.8. The van der Waals surface area contributed by atoms with Crippen LogP contribution in [0.2, 0.25) is 0 Å². The molecule has 19 heavy (non-hydrogen) atoms. The van der Waals surface area contributed by atoms with Gasteiger partial charge in [0.1, 0.15) is 0 Å². The van der Waals surface area contributed by atoms with Gasteiger partial charge in [-0.15, -0.1) is 11.3 Å². The molecule has 0 bridgehead atoms. The fourth-order valence-electron chi connectivity index (χ4n) is 1.88. The van der Waals surface area contributed by atoms with E-state index in [1.54, 1.807) is 23.5 Å². The van der Waals surface area contributed by atoms with Crippen molar-refractivity contribution in [2.24, 2.45) is 0 Å². The van der Waals surface area contributed by atoms with Gasteiger partial charge in [0, 0.05) is 11.4 Å². The van der Waals surface area contributed by atoms with E-state index >= 15 is 0 Å². The van der Waals surface area contributed by atoms with E-state index in [0.29, 0.717) is 23.1 Å². The Morgan fingerprint density at radius 2 is 2.32 bits per heavy atom. The molecule has 0 amide bonds. The molecule has 0 radical (unpaired) electrons. The van der Waals surface area contributed by atoms with Gasteiger partial charge in [-0.1, -0.05) is 6.07 Å². The summed E-state index contributed by atoms with van der Waals surface area (Å²) in [5.74, 6) is 0. The highest BCUT2D eigenvalue weighted by atomic mass is 32.1. The van der Waals surface area contributed by atoms with E-state index in [9.17, 15) is 4.79 Å². The van der Waals surface area contributed by atoms with Gasteiger partial charge in [0.15, 0.2) is 0 Å². The van der Waals surface area contributed by atoms with Gasteiger partial charge in [-0.25, -0.2) is 4.98 Å². The van der Waals surface area contributed by atoms with Crippen molar-refractivity contribution in [3.63, 3.8) is 0 Å². The molecule has 1 aromatic carbocycles. The van der Waals surface area contributed by atoms with Crippen molar-refractivity contribution in [2.45, 2.75) is 6.54 Å². The fraction of sp³-hybridized carbons (Fsp3) is 0.0769. The summed E-state index contributed by atoms with van der Waals surface area (Å²) in [5.41, 5.74) is 7.74. The molecule has 0 spiro atoms. The van der Waals surface area contributed by atoms with Gasteiger partial charge in [0.2, 0.25) is 0 Å². The number of thiophene rings is 1. The Bertz CT molecular complexity index is 764. The zero-order chi connectivity index (χ0) is 13.2. The Morgan fingerprint density at radius 1 is 1.42 bits per heavy atom. The predicted molar refractivity (Wildman–Crippen MR) is 78.4 cm³/mol. The molecule has 0 aliphatic rings. The lowest BCUT2D eigenvalue weighted by atomic mass is 10.2. The van der Waals surface area contributed by atoms with Crippen molar-refractivity contribution >= 4 is 33.6 Å². The van der Waals surface area contributed by atoms with Gasteiger partial charge in [-0.05, 0) is 23.6 Å². The van der Waals surface area contributed by atoms with Crippen LogP contribution in [0.25, 0.3) is 10.9 Å². The number of hydrogen-bond acceptors (Lipinski definition) is 5. The zero-order valence-electron chi connectivity index (χ0n) is 10.0. The van der Waals surface area contributed by atoms with Crippen LogP contribution in [0.15, 0.2) is 40.8 Å². The van der Waals surface area contributed by atoms with E-state index in [-0.39, 0.29) is 5.56 Å². The summed E-state index contributed by atoms with van der Waals surface area (Å²) >= 11 is 1.68. The Kier molecular flexibility index (Phi) is 2.92. The number of nitrogen functional groups attached to an aromatic ring is 1. The van der Waals surface area contributed by atoms with Crippen LogP contribution in [-0.2, 0) is 6.54 Å². The minimum atomic E-state index is -0.179. The largest absolute Gasteiger partial charge is 0.397 e. The monoisotopic (exact) mass is 272 g/mol. The molecule has 0 fully saturated rings. The molecule has 0 saturated heterocycles. The van der Waals surface area contributed by atoms with Crippen LogP contribution >= 0.6 is 11.3 Å². The second-order valence-corrected chi connectivity index (χ2v) is 5.15. The first-order valence-electron chi connectivity index (χ1n) is 5.77. The van der Waals surface area contributed by atoms with E-state index < -0.39 is 0 Å². The number of H-pyrrole nitrogens is 1. The molecule has 0 aliphatic carbocycles. The minimum absolute atomic E-state index is 0.179. The van der Waals surface area contributed by atoms with Crippen LogP contribution in [0.3, 0.4) is 0 Å². The molecular formula is C13H12N4OS. The number of benzene rings is 1. The van der Waals surface area contributed by atoms with E-state index in [4.69, 9.17) is 5.73 Å². The maximum atomic E-state index is 11.6. The minimum Gasteiger partial charge on any atom is -0.397 e. The third kappa shape index (κ3) is 2.30. The van der Waals surface area contributed by atoms with E-state index in [0.717, 1.165) is 5.69 Å². The maximum absolute atomic E-state index is 11.6. The lowest BCUT2D eigenvalue weighted by molar-refractivity contribution is 1.16. The lowest BCUT2D eigenvalue weighted by Gasteiger charge is -2.09. The highest BCUT2D eigenvalue weighted by Gasteiger charge is 2.05. The first-order chi connectivity index (χ1) is 9.24. The van der Waals surface area contributed by atoms with Crippen LogP contribution in [0.1, 0.15) is 4.88 Å². The van der Waals surface area contributed by atoms with Gasteiger partial charge < -0.3 is 16.0 Å². The van der Waals surface area contributed by atoms with E-state index in [1.165, 1.54) is 11.2 Å². The van der Waals surface area contributed by atoms with Crippen LogP contribution < -0.4 is 16.6 Å². The molecule has 0 unspecified atom stereocenters. The molecule has 0 saturated carbocycles. The van der Waals surface area contributed by atoms with E-state index in [2.05, 4.69) is 21.4 Å². The summed E-state index contributed by atoms with van der Waals surface area (Å²) in [6, 6.07) is 7.51. The van der Waals surface area contributed by atoms with Gasteiger partial charge >= 0.3 is 0 Å². The SMILES string of the molecule is Nc1cc2c(=O)[nH]cnc2cc1NCc1cccs1. The van der Waals surface area contributed by atoms with E-state index in [1.807, 2.05) is 11.4 Å². The molecule has 5 nitrogen and oxygen atoms in total. The van der Waals surface area contributed by atoms with Gasteiger partial charge in [0.25, 0.3) is 5.56 Å². The van der Waals surface area contributed by atoms with Crippen molar-refractivity contribution in [3.8, 4) is 0 Å². The molecule has 4 N–H and O–H groups in total. The second kappa shape index (κ2) is 4.74. The lowest BCUT2D eigenvalue weighted by Crippen LogP contribution is -2.08. The maximum Gasteiger partial charge on any atom is 0.258 e. The van der Waals surface area contributed by atoms with Crippen molar-refractivity contribution in [3.05, 3.63) is 51.2 Å². The molecule has 2 aromatic heterocycles. The molecule has 0 atom stereocenters. The molecule has 2 heterocycles. The summed E-state index contributed by atoms with van der Waals surface area (Å²) in [4.78, 5) is 19.5. The summed E-state index contributed by atoms with van der Waals surface area (Å²) in [6.07, 6.45) is 1.39. The van der Waals surface area contributed by atoms with Crippen LogP contribution in [0.4, 0.5) is 11.4 Å². The summed E-state index contributed by atoms with van der Waals surface area (Å²) < 4.78 is 0. The highest BCUT2D eigenvalue weighted by Crippen LogP contribution is 2.24. The number of aromatic amines is 1. The summed E-state index contributed by atoms with van der Waals surface area (Å²) in [5, 5.41) is 5.79. The van der Waals surface area contributed by atoms with Crippen LogP contribution in [0.5, 0.6) is 0 Å². The smallest absolute Gasteiger partial charge is 0.258 e. The predicted octanol–water partition coefficient (Wildman–Crippen LogP) is 2.18. The molecule has 3 aromatic rings. The Hall–Kier alpha value is -2.34. The Balaban J connectivity index is 1.95. The second-order valence-electron chi connectivity index (χ2n) is 4.12. The number of nitrogens with two attached hydrogens (primary N) is 1. The van der Waals surface area contributed by atoms with Crippen molar-refractivity contribution in [1.82, 2.24) is 9.97 Å². The number of aromatic nitrogens is 2. The van der Waals surface area contributed by atoms with Crippen molar-refractivity contribution in [1.29, 1.82) is 0 Å². The molecule has 96 valence electrons. The summed E-state index contributed by atoms with van der Waals surface area (Å²) in [6.45, 7) is 0.705. The number of anilines is 2. The first-order valence-corrected chi connectivity index (χ1v) is 6.65. The number of nitrogens with zero attached hydrogens (tertiary/aromatic N) is 1. The Morgan fingerprint density at radius 3 is 3.11 bits per heavy atom. The normalized spacial score (nSPS) is 10.7. The number of nitrogens with one attached hydrogen (secondary N) is 2. The van der Waals surface area contributed by atoms with Gasteiger partial charge in [0.05, 0.1) is 28.6 Å². The third-order valence-corrected chi connectivity index (χ3v) is 3.72. The molecule has 6 heteroatoms. The van der Waals surface area contributed by atoms with Crippen LogP contribution in [-0.4, -0.2) is 9.97 Å². The number of hydrogen-bond donors (Lipinski definition) is 3. The fourth-order valence-corrected chi connectivity index (χ4v) is 2.53.